The molecule has 4 heteroatoms. The van der Waals surface area contributed by atoms with Crippen LogP contribution in [-0.4, -0.2) is 19.9 Å². The highest BCUT2D eigenvalue weighted by molar-refractivity contribution is 6.37. The first kappa shape index (κ1) is 32.4. The van der Waals surface area contributed by atoms with Crippen molar-refractivity contribution in [2.24, 2.45) is 0 Å². The summed E-state index contributed by atoms with van der Waals surface area (Å²) >= 11 is 0. The van der Waals surface area contributed by atoms with E-state index in [1.54, 1.807) is 6.20 Å². The van der Waals surface area contributed by atoms with Gasteiger partial charge in [-0.15, -0.1) is 0 Å². The molecule has 2 heterocycles. The third kappa shape index (κ3) is 5.09. The van der Waals surface area contributed by atoms with Crippen LogP contribution >= 0.6 is 0 Å². The van der Waals surface area contributed by atoms with Gasteiger partial charge in [0.25, 0.3) is 0 Å². The minimum Gasteiger partial charge on any atom is -0.264 e. The smallest absolute Gasteiger partial charge is 0.164 e. The van der Waals surface area contributed by atoms with Crippen molar-refractivity contribution < 1.29 is 0 Å². The Labute approximate surface area is 334 Å². The van der Waals surface area contributed by atoms with E-state index in [0.717, 1.165) is 38.9 Å². The molecule has 0 saturated carbocycles. The molecule has 0 saturated heterocycles. The average Bonchev–Trinajstić information content (AvgIpc) is 3.30. The summed E-state index contributed by atoms with van der Waals surface area (Å²) in [4.78, 5) is 19.6. The molecule has 268 valence electrons. The van der Waals surface area contributed by atoms with E-state index in [4.69, 9.17) is 15.0 Å². The fourth-order valence-corrected chi connectivity index (χ4v) is 9.06. The van der Waals surface area contributed by atoms with Crippen molar-refractivity contribution in [3.8, 4) is 56.4 Å². The minimum absolute atomic E-state index is 0.616. The molecule has 4 nitrogen and oxygen atoms in total. The maximum Gasteiger partial charge on any atom is 0.164 e. The van der Waals surface area contributed by atoms with Crippen molar-refractivity contribution in [3.05, 3.63) is 194 Å². The van der Waals surface area contributed by atoms with Crippen molar-refractivity contribution in [1.82, 2.24) is 19.9 Å². The van der Waals surface area contributed by atoms with Gasteiger partial charge in [0.15, 0.2) is 17.5 Å². The number of aromatic nitrogens is 4. The molecule has 0 N–H and O–H groups in total. The van der Waals surface area contributed by atoms with Gasteiger partial charge in [-0.3, -0.25) is 4.98 Å². The molecule has 0 fully saturated rings. The molecule has 0 amide bonds. The number of hydrogen-bond acceptors (Lipinski definition) is 4. The number of benzene rings is 9. The van der Waals surface area contributed by atoms with Gasteiger partial charge in [0.2, 0.25) is 0 Å². The van der Waals surface area contributed by atoms with Gasteiger partial charge in [0, 0.05) is 34.6 Å². The monoisotopic (exact) mass is 736 g/mol. The first-order valence-corrected chi connectivity index (χ1v) is 19.6. The van der Waals surface area contributed by atoms with E-state index in [0.29, 0.717) is 17.5 Å². The lowest BCUT2D eigenvalue weighted by molar-refractivity contribution is 1.07. The summed E-state index contributed by atoms with van der Waals surface area (Å²) in [5, 5.41) is 15.3. The van der Waals surface area contributed by atoms with Crippen molar-refractivity contribution in [2.75, 3.05) is 0 Å². The second kappa shape index (κ2) is 12.9. The van der Waals surface area contributed by atoms with Gasteiger partial charge in [-0.1, -0.05) is 164 Å². The molecular weight excluding hydrogens is 705 g/mol. The first-order chi connectivity index (χ1) is 28.7. The molecule has 0 aliphatic heterocycles. The molecule has 0 bridgehead atoms. The van der Waals surface area contributed by atoms with E-state index in [1.165, 1.54) is 64.6 Å². The molecule has 12 rings (SSSR count). The normalized spacial score (nSPS) is 11.8. The van der Waals surface area contributed by atoms with Crippen molar-refractivity contribution in [1.29, 1.82) is 0 Å². The Bertz CT molecular complexity index is 3540. The van der Waals surface area contributed by atoms with Crippen LogP contribution in [0.2, 0.25) is 0 Å². The molecule has 0 spiro atoms. The molecule has 2 aromatic heterocycles. The zero-order chi connectivity index (χ0) is 38.2. The molecule has 10 aromatic carbocycles. The largest absolute Gasteiger partial charge is 0.264 e. The summed E-state index contributed by atoms with van der Waals surface area (Å²) in [6.45, 7) is 0. The van der Waals surface area contributed by atoms with Gasteiger partial charge in [-0.05, 0) is 99.5 Å². The number of nitrogens with zero attached hydrogens (tertiary/aromatic N) is 4. The second-order valence-corrected chi connectivity index (χ2v) is 15.0. The Morgan fingerprint density at radius 2 is 0.776 bits per heavy atom. The number of hydrogen-bond donors (Lipinski definition) is 0. The molecule has 0 unspecified atom stereocenters. The van der Waals surface area contributed by atoms with Crippen LogP contribution in [0.1, 0.15) is 0 Å². The highest BCUT2D eigenvalue weighted by Gasteiger charge is 2.18. The number of fused-ring (bicyclic) bond motifs is 2. The van der Waals surface area contributed by atoms with E-state index >= 15 is 0 Å². The fraction of sp³-hybridized carbons (Fsp3) is 0. The Morgan fingerprint density at radius 1 is 0.276 bits per heavy atom. The van der Waals surface area contributed by atoms with Gasteiger partial charge < -0.3 is 0 Å². The van der Waals surface area contributed by atoms with Crippen LogP contribution in [-0.2, 0) is 0 Å². The van der Waals surface area contributed by atoms with Gasteiger partial charge in [-0.2, -0.15) is 0 Å². The average molecular weight is 737 g/mol. The molecule has 58 heavy (non-hydrogen) atoms. The van der Waals surface area contributed by atoms with Crippen LogP contribution in [0.25, 0.3) is 121 Å². The highest BCUT2D eigenvalue weighted by Crippen LogP contribution is 2.44. The van der Waals surface area contributed by atoms with Crippen LogP contribution in [0.4, 0.5) is 0 Å². The SMILES string of the molecule is c1ccc(-c2nc(-c3ccc(-c4cc5ccc6cccc7c8cccc9ccc%10cccc(c(c4)c5c67)c%10c98)cc3)nc(-c3ccccc3-c3cccnc3)n2)cc1. The third-order valence-corrected chi connectivity index (χ3v) is 11.7. The van der Waals surface area contributed by atoms with E-state index in [9.17, 15) is 0 Å². The molecule has 0 atom stereocenters. The first-order valence-electron chi connectivity index (χ1n) is 19.6. The highest BCUT2D eigenvalue weighted by atomic mass is 15.0. The number of rotatable bonds is 5. The Balaban J connectivity index is 1.06. The van der Waals surface area contributed by atoms with E-state index < -0.39 is 0 Å². The minimum atomic E-state index is 0.616. The fourth-order valence-electron chi connectivity index (χ4n) is 9.06. The summed E-state index contributed by atoms with van der Waals surface area (Å²) in [7, 11) is 0. The lowest BCUT2D eigenvalue weighted by Gasteiger charge is -2.17. The van der Waals surface area contributed by atoms with Gasteiger partial charge in [-0.25, -0.2) is 15.0 Å². The van der Waals surface area contributed by atoms with Crippen LogP contribution in [0, 0.1) is 0 Å². The third-order valence-electron chi connectivity index (χ3n) is 11.7. The predicted molar refractivity (Wildman–Crippen MR) is 241 cm³/mol. The maximum absolute atomic E-state index is 5.13. The molecular formula is C54H32N4. The van der Waals surface area contributed by atoms with Gasteiger partial charge >= 0.3 is 0 Å². The lowest BCUT2D eigenvalue weighted by atomic mass is 9.86. The predicted octanol–water partition coefficient (Wildman–Crippen LogP) is 14.0. The summed E-state index contributed by atoms with van der Waals surface area (Å²) in [6.07, 6.45) is 3.67. The van der Waals surface area contributed by atoms with E-state index in [-0.39, 0.29) is 0 Å². The Kier molecular flexibility index (Phi) is 7.20. The molecule has 0 aliphatic carbocycles. The van der Waals surface area contributed by atoms with Crippen molar-refractivity contribution in [3.63, 3.8) is 0 Å². The summed E-state index contributed by atoms with van der Waals surface area (Å²) in [5.74, 6) is 1.86. The zero-order valence-corrected chi connectivity index (χ0v) is 31.3. The van der Waals surface area contributed by atoms with Gasteiger partial charge in [0.05, 0.1) is 0 Å². The summed E-state index contributed by atoms with van der Waals surface area (Å²) < 4.78 is 0. The molecule has 0 aliphatic rings. The van der Waals surface area contributed by atoms with Crippen molar-refractivity contribution in [2.45, 2.75) is 0 Å². The quantitative estimate of drug-likeness (QED) is 0.165. The van der Waals surface area contributed by atoms with Crippen LogP contribution in [0.3, 0.4) is 0 Å². The van der Waals surface area contributed by atoms with Crippen LogP contribution in [0.5, 0.6) is 0 Å². The summed E-state index contributed by atoms with van der Waals surface area (Å²) in [5.41, 5.74) is 7.09. The van der Waals surface area contributed by atoms with Crippen LogP contribution < -0.4 is 0 Å². The second-order valence-electron chi connectivity index (χ2n) is 15.0. The topological polar surface area (TPSA) is 51.6 Å². The lowest BCUT2D eigenvalue weighted by Crippen LogP contribution is -2.01. The van der Waals surface area contributed by atoms with Crippen LogP contribution in [0.15, 0.2) is 194 Å². The van der Waals surface area contributed by atoms with E-state index in [1.807, 2.05) is 54.7 Å². The van der Waals surface area contributed by atoms with Crippen molar-refractivity contribution >= 4 is 64.6 Å². The standard InChI is InChI=1S/C54H32N4/c1-2-10-37(11-3-1)52-56-53(58-54(57-52)46-17-5-4-16-42(46)40-15-9-29-55-32-40)38-26-21-33(22-27-38)41-30-39-28-25-36-13-7-19-44-43-18-6-12-34-23-24-35-14-8-20-45(50(35)48(34)43)47(31-41)51(39)49(36)44/h1-32H. The zero-order valence-electron chi connectivity index (χ0n) is 31.3. The maximum atomic E-state index is 5.13. The van der Waals surface area contributed by atoms with E-state index in [2.05, 4.69) is 138 Å². The summed E-state index contributed by atoms with van der Waals surface area (Å²) in [6, 6.07) is 65.1. The Hall–Kier alpha value is -7.82. The van der Waals surface area contributed by atoms with Gasteiger partial charge in [0.1, 0.15) is 0 Å². The molecule has 0 radical (unpaired) electrons. The number of pyridine rings is 1. The Morgan fingerprint density at radius 3 is 1.40 bits per heavy atom. The molecule has 12 aromatic rings.